The Labute approximate surface area is 191 Å². The van der Waals surface area contributed by atoms with Crippen molar-refractivity contribution in [2.45, 2.75) is 55.4 Å². The summed E-state index contributed by atoms with van der Waals surface area (Å²) in [5.74, 6) is 1.66. The predicted molar refractivity (Wildman–Crippen MR) is 128 cm³/mol. The van der Waals surface area contributed by atoms with Crippen LogP contribution in [0.3, 0.4) is 0 Å². The van der Waals surface area contributed by atoms with Gasteiger partial charge in [0, 0.05) is 49.1 Å². The third-order valence-electron chi connectivity index (χ3n) is 3.79. The molecule has 4 rings (SSSR count). The number of hydrogen-bond donors (Lipinski definition) is 0. The molecule has 4 aromatic rings. The molecule has 0 saturated carbocycles. The second-order valence-electron chi connectivity index (χ2n) is 7.39. The van der Waals surface area contributed by atoms with Gasteiger partial charge in [0.2, 0.25) is 0 Å². The predicted octanol–water partition coefficient (Wildman–Crippen LogP) is 4.98. The highest BCUT2D eigenvalue weighted by Crippen LogP contribution is 1.94. The molecule has 4 aromatic heterocycles. The zero-order valence-electron chi connectivity index (χ0n) is 20.3. The van der Waals surface area contributed by atoms with E-state index in [9.17, 15) is 0 Å². The summed E-state index contributed by atoms with van der Waals surface area (Å²) >= 11 is 0. The molecule has 0 aliphatic heterocycles. The minimum absolute atomic E-state index is 0.829. The van der Waals surface area contributed by atoms with Gasteiger partial charge in [0.1, 0.15) is 11.6 Å². The molecule has 0 radical (unpaired) electrons. The summed E-state index contributed by atoms with van der Waals surface area (Å²) in [5, 5.41) is 0. The normalized spacial score (nSPS) is 9.25. The van der Waals surface area contributed by atoms with Gasteiger partial charge in [0.05, 0.1) is 11.4 Å². The molecule has 0 aromatic carbocycles. The average molecular weight is 432 g/mol. The Hall–Kier alpha value is -3.61. The van der Waals surface area contributed by atoms with Gasteiger partial charge in [-0.15, -0.1) is 0 Å². The first-order valence-electron chi connectivity index (χ1n) is 10.3. The summed E-state index contributed by atoms with van der Waals surface area (Å²) in [6.45, 7) is 15.6. The first-order valence-corrected chi connectivity index (χ1v) is 10.3. The Balaban J connectivity index is 0.000000213. The lowest BCUT2D eigenvalue weighted by molar-refractivity contribution is 1.03. The molecule has 0 spiro atoms. The van der Waals surface area contributed by atoms with Gasteiger partial charge in [0.15, 0.2) is 0 Å². The highest BCUT2D eigenvalue weighted by Gasteiger charge is 1.84. The van der Waals surface area contributed by atoms with Gasteiger partial charge in [-0.1, -0.05) is 6.07 Å². The van der Waals surface area contributed by atoms with Crippen LogP contribution in [0.5, 0.6) is 0 Å². The Morgan fingerprint density at radius 3 is 0.938 bits per heavy atom. The first kappa shape index (κ1) is 26.4. The van der Waals surface area contributed by atoms with Crippen LogP contribution in [-0.4, -0.2) is 34.9 Å². The van der Waals surface area contributed by atoms with Crippen LogP contribution in [0.25, 0.3) is 0 Å². The fraction of sp³-hybridized carbons (Fsp3) is 0.320. The van der Waals surface area contributed by atoms with E-state index in [-0.39, 0.29) is 0 Å². The van der Waals surface area contributed by atoms with Gasteiger partial charge in [-0.25, -0.2) is 19.9 Å². The molecule has 0 saturated heterocycles. The molecular weight excluding hydrogens is 398 g/mol. The van der Waals surface area contributed by atoms with E-state index in [2.05, 4.69) is 41.0 Å². The van der Waals surface area contributed by atoms with E-state index in [1.54, 1.807) is 12.4 Å². The summed E-state index contributed by atoms with van der Waals surface area (Å²) in [5.41, 5.74) is 6.45. The molecule has 168 valence electrons. The van der Waals surface area contributed by atoms with Crippen LogP contribution in [0, 0.1) is 55.4 Å². The molecule has 0 aliphatic rings. The van der Waals surface area contributed by atoms with E-state index in [1.165, 1.54) is 5.56 Å². The van der Waals surface area contributed by atoms with Crippen LogP contribution >= 0.6 is 0 Å². The van der Waals surface area contributed by atoms with Crippen LogP contribution in [0.15, 0.2) is 55.5 Å². The SMILES string of the molecule is Cc1ccc(C)nc1.Cc1cnc(C)cn1.Cc1cnc(C)nc1.Cc1cnc(C)nc1. The smallest absolute Gasteiger partial charge is 0.125 e. The highest BCUT2D eigenvalue weighted by molar-refractivity contribution is 5.10. The van der Waals surface area contributed by atoms with E-state index < -0.39 is 0 Å². The number of nitrogens with zero attached hydrogens (tertiary/aromatic N) is 7. The molecule has 0 aliphatic carbocycles. The number of aryl methyl sites for hydroxylation is 8. The summed E-state index contributed by atoms with van der Waals surface area (Å²) in [7, 11) is 0. The fourth-order valence-electron chi connectivity index (χ4n) is 1.91. The van der Waals surface area contributed by atoms with Crippen molar-refractivity contribution in [3.05, 3.63) is 101 Å². The summed E-state index contributed by atoms with van der Waals surface area (Å²) in [6, 6.07) is 4.07. The minimum Gasteiger partial charge on any atom is -0.261 e. The van der Waals surface area contributed by atoms with E-state index in [4.69, 9.17) is 0 Å². The maximum absolute atomic E-state index is 4.08. The molecule has 0 fully saturated rings. The second-order valence-corrected chi connectivity index (χ2v) is 7.39. The van der Waals surface area contributed by atoms with E-state index in [1.807, 2.05) is 92.4 Å². The van der Waals surface area contributed by atoms with Crippen molar-refractivity contribution in [3.63, 3.8) is 0 Å². The van der Waals surface area contributed by atoms with Crippen LogP contribution in [0.4, 0.5) is 0 Å². The fourth-order valence-corrected chi connectivity index (χ4v) is 1.91. The number of rotatable bonds is 0. The lowest BCUT2D eigenvalue weighted by Gasteiger charge is -1.89. The molecule has 0 N–H and O–H groups in total. The number of pyridine rings is 1. The molecular formula is C25H33N7. The monoisotopic (exact) mass is 431 g/mol. The maximum atomic E-state index is 4.08. The highest BCUT2D eigenvalue weighted by atomic mass is 14.8. The van der Waals surface area contributed by atoms with Crippen molar-refractivity contribution in [2.75, 3.05) is 0 Å². The molecule has 32 heavy (non-hydrogen) atoms. The lowest BCUT2D eigenvalue weighted by atomic mass is 10.3. The largest absolute Gasteiger partial charge is 0.261 e. The third kappa shape index (κ3) is 12.8. The van der Waals surface area contributed by atoms with Crippen molar-refractivity contribution in [1.82, 2.24) is 34.9 Å². The number of hydrogen-bond acceptors (Lipinski definition) is 7. The van der Waals surface area contributed by atoms with E-state index >= 15 is 0 Å². The van der Waals surface area contributed by atoms with Crippen LogP contribution in [0.2, 0.25) is 0 Å². The summed E-state index contributed by atoms with van der Waals surface area (Å²) in [6.07, 6.45) is 12.6. The van der Waals surface area contributed by atoms with Gasteiger partial charge in [0.25, 0.3) is 0 Å². The molecule has 7 heteroatoms. The van der Waals surface area contributed by atoms with Crippen LogP contribution in [-0.2, 0) is 0 Å². The zero-order chi connectivity index (χ0) is 23.9. The van der Waals surface area contributed by atoms with E-state index in [0.29, 0.717) is 0 Å². The van der Waals surface area contributed by atoms with Gasteiger partial charge < -0.3 is 0 Å². The maximum Gasteiger partial charge on any atom is 0.125 e. The molecule has 0 atom stereocenters. The van der Waals surface area contributed by atoms with Gasteiger partial charge in [-0.3, -0.25) is 15.0 Å². The average Bonchev–Trinajstić information content (AvgIpc) is 2.78. The molecule has 0 amide bonds. The van der Waals surface area contributed by atoms with E-state index in [0.717, 1.165) is 39.9 Å². The lowest BCUT2D eigenvalue weighted by Crippen LogP contribution is -1.84. The van der Waals surface area contributed by atoms with Crippen LogP contribution in [0.1, 0.15) is 45.4 Å². The van der Waals surface area contributed by atoms with Crippen LogP contribution < -0.4 is 0 Å². The molecule has 0 bridgehead atoms. The molecule has 0 unspecified atom stereocenters. The van der Waals surface area contributed by atoms with Crippen molar-refractivity contribution in [2.24, 2.45) is 0 Å². The van der Waals surface area contributed by atoms with Gasteiger partial charge in [-0.2, -0.15) is 0 Å². The Kier molecular flexibility index (Phi) is 11.9. The van der Waals surface area contributed by atoms with Gasteiger partial charge >= 0.3 is 0 Å². The quantitative estimate of drug-likeness (QED) is 0.388. The third-order valence-corrected chi connectivity index (χ3v) is 3.79. The first-order chi connectivity index (χ1) is 15.2. The summed E-state index contributed by atoms with van der Waals surface area (Å²) < 4.78 is 0. The Morgan fingerprint density at radius 1 is 0.344 bits per heavy atom. The Morgan fingerprint density at radius 2 is 0.688 bits per heavy atom. The molecule has 7 nitrogen and oxygen atoms in total. The van der Waals surface area contributed by atoms with Gasteiger partial charge in [-0.05, 0) is 78.1 Å². The topological polar surface area (TPSA) is 90.2 Å². The van der Waals surface area contributed by atoms with Crippen molar-refractivity contribution in [1.29, 1.82) is 0 Å². The Bertz CT molecular complexity index is 754. The van der Waals surface area contributed by atoms with Crippen molar-refractivity contribution in [3.8, 4) is 0 Å². The zero-order valence-corrected chi connectivity index (χ0v) is 20.3. The minimum atomic E-state index is 0.829. The van der Waals surface area contributed by atoms with Crippen molar-refractivity contribution >= 4 is 0 Å². The number of aromatic nitrogens is 7. The molecule has 4 heterocycles. The van der Waals surface area contributed by atoms with Crippen molar-refractivity contribution < 1.29 is 0 Å². The standard InChI is InChI=1S/C7H9N.3C6H8N2/c1-6-3-4-7(2)8-5-6;1-5-3-8-6(2)4-7-5;2*1-5-3-7-6(2)8-4-5/h3-5H,1-2H3;3*3-4H,1-2H3. The second kappa shape index (κ2) is 14.4. The summed E-state index contributed by atoms with van der Waals surface area (Å²) in [4.78, 5) is 28.0.